The van der Waals surface area contributed by atoms with Crippen molar-refractivity contribution in [3.8, 4) is 0 Å². The molecule has 0 aromatic heterocycles. The average molecular weight is 166 g/mol. The van der Waals surface area contributed by atoms with Crippen molar-refractivity contribution in [2.75, 3.05) is 13.7 Å². The van der Waals surface area contributed by atoms with Crippen molar-refractivity contribution in [2.45, 2.75) is 0 Å². The van der Waals surface area contributed by atoms with E-state index in [1.807, 2.05) is 0 Å². The summed E-state index contributed by atoms with van der Waals surface area (Å²) < 4.78 is 18.7. The van der Waals surface area contributed by atoms with Gasteiger partial charge in [-0.15, -0.1) is 0 Å². The molecule has 0 heterocycles. The first kappa shape index (κ1) is 9.49. The molecule has 0 rings (SSSR count). The lowest BCUT2D eigenvalue weighted by Crippen LogP contribution is -1.95. The van der Waals surface area contributed by atoms with Crippen LogP contribution in [0, 0.1) is 0 Å². The van der Waals surface area contributed by atoms with Crippen LogP contribution in [0.3, 0.4) is 0 Å². The van der Waals surface area contributed by atoms with Crippen LogP contribution >= 0.6 is 7.82 Å². The second-order valence-corrected chi connectivity index (χ2v) is 2.81. The summed E-state index contributed by atoms with van der Waals surface area (Å²) in [7, 11) is -2.87. The minimum atomic E-state index is -3.91. The zero-order valence-electron chi connectivity index (χ0n) is 5.30. The second kappa shape index (κ2) is 4.33. The highest BCUT2D eigenvalue weighted by Crippen LogP contribution is 2.41. The number of rotatable bonds is 4. The summed E-state index contributed by atoms with van der Waals surface area (Å²) in [5, 5.41) is 0. The lowest BCUT2D eigenvalue weighted by Gasteiger charge is -2.03. The van der Waals surface area contributed by atoms with Gasteiger partial charge in [-0.2, -0.15) is 4.79 Å². The molecule has 0 saturated heterocycles. The lowest BCUT2D eigenvalue weighted by atomic mass is 10.8. The van der Waals surface area contributed by atoms with Crippen LogP contribution in [0.2, 0.25) is 0 Å². The summed E-state index contributed by atoms with van der Waals surface area (Å²) in [4.78, 5) is 11.1. The predicted molar refractivity (Wildman–Crippen MR) is 32.5 cm³/mol. The number of phosphoric ester groups is 1. The normalized spacial score (nSPS) is 15.4. The zero-order valence-corrected chi connectivity index (χ0v) is 6.19. The Balaban J connectivity index is 3.68. The molecule has 0 aliphatic carbocycles. The zero-order chi connectivity index (χ0) is 8.04. The van der Waals surface area contributed by atoms with Crippen molar-refractivity contribution in [3.63, 3.8) is 0 Å². The highest BCUT2D eigenvalue weighted by molar-refractivity contribution is 7.47. The van der Waals surface area contributed by atoms with Crippen molar-refractivity contribution in [1.82, 2.24) is 0 Å². The van der Waals surface area contributed by atoms with Crippen LogP contribution in [-0.4, -0.2) is 29.6 Å². The minimum Gasteiger partial charge on any atom is -0.362 e. The Bertz CT molecular complexity index is 187. The van der Waals surface area contributed by atoms with E-state index in [0.717, 1.165) is 13.3 Å². The van der Waals surface area contributed by atoms with Gasteiger partial charge in [-0.1, -0.05) is 0 Å². The van der Waals surface area contributed by atoms with E-state index < -0.39 is 7.82 Å². The maximum Gasteiger partial charge on any atom is 0.472 e. The monoisotopic (exact) mass is 166 g/mol. The number of phosphoric acid groups is 1. The van der Waals surface area contributed by atoms with Gasteiger partial charge in [-0.3, -0.25) is 9.05 Å². The molecule has 0 amide bonds. The molecular formula is C3H7N2O4P. The Hall–Kier alpha value is -0.510. The molecule has 1 unspecified atom stereocenters. The van der Waals surface area contributed by atoms with Gasteiger partial charge in [0.05, 0.1) is 0 Å². The quantitative estimate of drug-likeness (QED) is 0.276. The smallest absolute Gasteiger partial charge is 0.362 e. The van der Waals surface area contributed by atoms with Gasteiger partial charge < -0.3 is 10.4 Å². The summed E-state index contributed by atoms with van der Waals surface area (Å²) in [6.45, 7) is -0.266. The third-order valence-corrected chi connectivity index (χ3v) is 1.56. The predicted octanol–water partition coefficient (Wildman–Crippen LogP) is 0.0504. The van der Waals surface area contributed by atoms with E-state index in [0.29, 0.717) is 0 Å². The van der Waals surface area contributed by atoms with Crippen molar-refractivity contribution in [3.05, 3.63) is 5.53 Å². The Morgan fingerprint density at radius 2 is 2.50 bits per heavy atom. The third-order valence-electron chi connectivity index (χ3n) is 0.625. The summed E-state index contributed by atoms with van der Waals surface area (Å²) in [5.74, 6) is 0. The molecule has 7 heteroatoms. The highest BCUT2D eigenvalue weighted by atomic mass is 31.2. The molecule has 6 nitrogen and oxygen atoms in total. The summed E-state index contributed by atoms with van der Waals surface area (Å²) in [6, 6.07) is 0. The first-order valence-corrected chi connectivity index (χ1v) is 3.81. The van der Waals surface area contributed by atoms with Crippen molar-refractivity contribution in [1.29, 1.82) is 0 Å². The van der Waals surface area contributed by atoms with E-state index in [4.69, 9.17) is 10.4 Å². The van der Waals surface area contributed by atoms with Gasteiger partial charge in [0.25, 0.3) is 6.21 Å². The van der Waals surface area contributed by atoms with Gasteiger partial charge in [0.2, 0.25) is 0 Å². The van der Waals surface area contributed by atoms with Crippen LogP contribution in [0.4, 0.5) is 0 Å². The minimum absolute atomic E-state index is 0.266. The lowest BCUT2D eigenvalue weighted by molar-refractivity contribution is -0.00316. The van der Waals surface area contributed by atoms with Crippen LogP contribution in [0.5, 0.6) is 0 Å². The topological polar surface area (TPSA) is 92.2 Å². The summed E-state index contributed by atoms with van der Waals surface area (Å²) in [6.07, 6.45) is 0.919. The van der Waals surface area contributed by atoms with Gasteiger partial charge in [0, 0.05) is 7.11 Å². The van der Waals surface area contributed by atoms with Gasteiger partial charge in [-0.25, -0.2) is 4.57 Å². The molecule has 0 saturated carbocycles. The van der Waals surface area contributed by atoms with Crippen molar-refractivity contribution in [2.24, 2.45) is 0 Å². The van der Waals surface area contributed by atoms with Gasteiger partial charge >= 0.3 is 7.82 Å². The molecule has 0 aliphatic rings. The Morgan fingerprint density at radius 1 is 1.90 bits per heavy atom. The van der Waals surface area contributed by atoms with Crippen LogP contribution < -0.4 is 0 Å². The second-order valence-electron chi connectivity index (χ2n) is 1.24. The molecule has 58 valence electrons. The van der Waals surface area contributed by atoms with Crippen LogP contribution in [0.1, 0.15) is 0 Å². The van der Waals surface area contributed by atoms with E-state index >= 15 is 0 Å². The number of nitrogens with zero attached hydrogens (tertiary/aromatic N) is 2. The Morgan fingerprint density at radius 3 is 2.90 bits per heavy atom. The first-order chi connectivity index (χ1) is 4.62. The maximum absolute atomic E-state index is 10.4. The van der Waals surface area contributed by atoms with E-state index in [2.05, 4.69) is 13.8 Å². The standard InChI is InChI=1S/C3H7N2O4P/c1-8-10(6,7)9-3-2-5-4/h2H,3H2,1H3,(H,6,7). The molecule has 0 aromatic rings. The fourth-order valence-corrected chi connectivity index (χ4v) is 0.574. The Labute approximate surface area is 57.6 Å². The van der Waals surface area contributed by atoms with Crippen LogP contribution in [0.25, 0.3) is 5.53 Å². The maximum atomic E-state index is 10.4. The number of hydrogen-bond donors (Lipinski definition) is 1. The Kier molecular flexibility index (Phi) is 4.11. The molecule has 10 heavy (non-hydrogen) atoms. The van der Waals surface area contributed by atoms with E-state index in [1.165, 1.54) is 0 Å². The van der Waals surface area contributed by atoms with Gasteiger partial charge in [-0.05, 0) is 0 Å². The molecule has 1 atom stereocenters. The fourth-order valence-electron chi connectivity index (χ4n) is 0.214. The molecule has 0 bridgehead atoms. The van der Waals surface area contributed by atoms with Crippen LogP contribution in [-0.2, 0) is 13.6 Å². The molecule has 0 spiro atoms. The SMILES string of the molecule is COP(=O)(O)OCC=[N+]=[N-]. The summed E-state index contributed by atoms with van der Waals surface area (Å²) >= 11 is 0. The molecule has 0 aromatic carbocycles. The molecule has 1 N–H and O–H groups in total. The molecule has 0 radical (unpaired) electrons. The van der Waals surface area contributed by atoms with Crippen molar-refractivity contribution < 1.29 is 23.3 Å². The average Bonchev–Trinajstić information content (AvgIpc) is 1.89. The molecule has 0 fully saturated rings. The van der Waals surface area contributed by atoms with Crippen molar-refractivity contribution >= 4 is 14.0 Å². The molecular weight excluding hydrogens is 159 g/mol. The van der Waals surface area contributed by atoms with Gasteiger partial charge in [0.1, 0.15) is 0 Å². The van der Waals surface area contributed by atoms with E-state index in [-0.39, 0.29) is 6.61 Å². The molecule has 0 aliphatic heterocycles. The third kappa shape index (κ3) is 4.38. The number of hydrogen-bond acceptors (Lipinski definition) is 3. The first-order valence-electron chi connectivity index (χ1n) is 2.31. The van der Waals surface area contributed by atoms with Gasteiger partial charge in [0.15, 0.2) is 6.61 Å². The summed E-state index contributed by atoms with van der Waals surface area (Å²) in [5.41, 5.74) is 7.81. The largest absolute Gasteiger partial charge is 0.472 e. The van der Waals surface area contributed by atoms with E-state index in [9.17, 15) is 4.57 Å². The fraction of sp³-hybridized carbons (Fsp3) is 0.667. The van der Waals surface area contributed by atoms with E-state index in [1.54, 1.807) is 0 Å². The van der Waals surface area contributed by atoms with Crippen LogP contribution in [0.15, 0.2) is 0 Å². The highest BCUT2D eigenvalue weighted by Gasteiger charge is 2.17.